The number of benzene rings is 2. The number of nitrogens with zero attached hydrogens (tertiary/aromatic N) is 6. The molecule has 2 saturated heterocycles. The molecule has 0 spiro atoms. The first-order valence-corrected chi connectivity index (χ1v) is 19.0. The zero-order valence-corrected chi connectivity index (χ0v) is 32.3. The van der Waals surface area contributed by atoms with Crippen molar-refractivity contribution in [1.29, 1.82) is 0 Å². The Bertz CT molecular complexity index is 1930. The molecule has 14 heteroatoms. The lowest BCUT2D eigenvalue weighted by Gasteiger charge is -2.34. The van der Waals surface area contributed by atoms with Crippen molar-refractivity contribution in [3.05, 3.63) is 107 Å². The molecule has 0 bridgehead atoms. The highest BCUT2D eigenvalue weighted by atomic mass is 19.4. The van der Waals surface area contributed by atoms with Crippen LogP contribution in [0.25, 0.3) is 11.3 Å². The van der Waals surface area contributed by atoms with Crippen molar-refractivity contribution < 1.29 is 27.6 Å². The first kappa shape index (κ1) is 41.8. The fraction of sp³-hybridized carbons (Fsp3) is 0.405. The highest BCUT2D eigenvalue weighted by molar-refractivity contribution is 6.05. The number of nitrogens with one attached hydrogen (secondary N) is 2. The van der Waals surface area contributed by atoms with E-state index >= 15 is 0 Å². The summed E-state index contributed by atoms with van der Waals surface area (Å²) in [4.78, 5) is 53.2. The van der Waals surface area contributed by atoms with Gasteiger partial charge in [0, 0.05) is 89.8 Å². The van der Waals surface area contributed by atoms with Crippen LogP contribution < -0.4 is 15.5 Å². The molecule has 0 saturated carbocycles. The van der Waals surface area contributed by atoms with Crippen LogP contribution in [-0.2, 0) is 28.9 Å². The Kier molecular flexibility index (Phi) is 14.9. The number of aryl methyl sites for hydroxylation is 1. The molecule has 2 aromatic carbocycles. The van der Waals surface area contributed by atoms with Gasteiger partial charge in [0.25, 0.3) is 5.91 Å². The van der Waals surface area contributed by atoms with Gasteiger partial charge in [0.1, 0.15) is 5.69 Å². The van der Waals surface area contributed by atoms with Crippen LogP contribution in [0.3, 0.4) is 0 Å². The van der Waals surface area contributed by atoms with Gasteiger partial charge < -0.3 is 20.4 Å². The standard InChI is InChI=1S/C33H43N7O2.C9H8F3NO/c1-25-12-13-34-32(22-25)29-23-28(40-14-5-4-6-15-40)10-11-30(29)36-33(42)31-9-7-8-27(35-31)24-37(3)16-17-38-18-20-39(21-19-38)26(2)41;10-9(11,12)8-3-1-2-7(4-8)5-13-6-14/h7-13,22-23H,4-6,14-21,24H2,1-3H3,(H,36,42);1-4,6H,5H2,(H,13,14). The summed E-state index contributed by atoms with van der Waals surface area (Å²) in [5.41, 5.74) is 5.73. The molecule has 2 aromatic heterocycles. The Morgan fingerprint density at radius 2 is 1.66 bits per heavy atom. The minimum Gasteiger partial charge on any atom is -0.372 e. The van der Waals surface area contributed by atoms with E-state index in [-0.39, 0.29) is 18.4 Å². The molecule has 11 nitrogen and oxygen atoms in total. The van der Waals surface area contributed by atoms with Crippen LogP contribution in [0.1, 0.15) is 59.1 Å². The third kappa shape index (κ3) is 12.3. The Labute approximate surface area is 326 Å². The summed E-state index contributed by atoms with van der Waals surface area (Å²) in [6.07, 6.45) is 1.60. The van der Waals surface area contributed by atoms with E-state index in [1.54, 1.807) is 13.0 Å². The zero-order valence-electron chi connectivity index (χ0n) is 32.3. The van der Waals surface area contributed by atoms with Gasteiger partial charge in [-0.05, 0) is 99.0 Å². The fourth-order valence-electron chi connectivity index (χ4n) is 6.74. The SMILES string of the molecule is CC(=O)N1CCN(CCN(C)Cc2cccc(C(=O)Nc3ccc(N4CCCCC4)cc3-c3cc(C)ccn3)n2)CC1.O=CNCc1cccc(C(F)(F)F)c1. The second-order valence-corrected chi connectivity index (χ2v) is 14.2. The number of piperidine rings is 1. The number of carbonyl (C=O) groups is 3. The van der Waals surface area contributed by atoms with Gasteiger partial charge in [-0.1, -0.05) is 18.2 Å². The van der Waals surface area contributed by atoms with Crippen molar-refractivity contribution in [1.82, 2.24) is 30.0 Å². The van der Waals surface area contributed by atoms with Gasteiger partial charge in [0.2, 0.25) is 12.3 Å². The monoisotopic (exact) mass is 772 g/mol. The zero-order chi connectivity index (χ0) is 40.1. The molecule has 2 aliphatic rings. The molecule has 6 rings (SSSR count). The third-order valence-corrected chi connectivity index (χ3v) is 9.89. The molecule has 0 aliphatic carbocycles. The number of carbonyl (C=O) groups excluding carboxylic acids is 3. The minimum atomic E-state index is -4.34. The van der Waals surface area contributed by atoms with E-state index in [9.17, 15) is 27.6 Å². The van der Waals surface area contributed by atoms with E-state index < -0.39 is 11.7 Å². The second-order valence-electron chi connectivity index (χ2n) is 14.2. The van der Waals surface area contributed by atoms with Crippen LogP contribution in [0, 0.1) is 6.92 Å². The number of piperazine rings is 1. The van der Waals surface area contributed by atoms with Crippen LogP contribution >= 0.6 is 0 Å². The summed E-state index contributed by atoms with van der Waals surface area (Å²) >= 11 is 0. The maximum atomic E-state index is 13.4. The van der Waals surface area contributed by atoms with Crippen molar-refractivity contribution in [3.63, 3.8) is 0 Å². The Morgan fingerprint density at radius 1 is 0.911 bits per heavy atom. The van der Waals surface area contributed by atoms with E-state index in [4.69, 9.17) is 4.98 Å². The Hall–Kier alpha value is -5.34. The van der Waals surface area contributed by atoms with Crippen LogP contribution in [0.2, 0.25) is 0 Å². The van der Waals surface area contributed by atoms with Crippen molar-refractivity contribution >= 4 is 29.6 Å². The number of rotatable bonds is 12. The Morgan fingerprint density at radius 3 is 2.36 bits per heavy atom. The molecule has 0 unspecified atom stereocenters. The average molecular weight is 773 g/mol. The average Bonchev–Trinajstić information content (AvgIpc) is 3.20. The van der Waals surface area contributed by atoms with Crippen LogP contribution in [0.5, 0.6) is 0 Å². The number of hydrogen-bond acceptors (Lipinski definition) is 8. The van der Waals surface area contributed by atoms with E-state index in [0.29, 0.717) is 24.2 Å². The van der Waals surface area contributed by atoms with Gasteiger partial charge in [-0.25, -0.2) is 4.98 Å². The minimum absolute atomic E-state index is 0.105. The predicted molar refractivity (Wildman–Crippen MR) is 212 cm³/mol. The largest absolute Gasteiger partial charge is 0.416 e. The lowest BCUT2D eigenvalue weighted by atomic mass is 10.0. The molecule has 0 radical (unpaired) electrons. The maximum absolute atomic E-state index is 13.4. The molecule has 298 valence electrons. The first-order chi connectivity index (χ1) is 26.9. The number of halogens is 3. The molecular weight excluding hydrogens is 722 g/mol. The first-order valence-electron chi connectivity index (χ1n) is 19.0. The number of pyridine rings is 2. The van der Waals surface area contributed by atoms with E-state index in [2.05, 4.69) is 62.5 Å². The number of alkyl halides is 3. The maximum Gasteiger partial charge on any atom is 0.416 e. The molecule has 4 heterocycles. The van der Waals surface area contributed by atoms with Crippen LogP contribution in [0.15, 0.2) is 79.0 Å². The number of anilines is 2. The number of hydrogen-bond donors (Lipinski definition) is 2. The van der Waals surface area contributed by atoms with Crippen molar-refractivity contribution in [2.75, 3.05) is 69.6 Å². The van der Waals surface area contributed by atoms with Gasteiger partial charge in [-0.15, -0.1) is 0 Å². The molecule has 56 heavy (non-hydrogen) atoms. The normalized spacial score (nSPS) is 14.8. The predicted octanol–water partition coefficient (Wildman–Crippen LogP) is 6.24. The van der Waals surface area contributed by atoms with Gasteiger partial charge in [0.05, 0.1) is 22.6 Å². The smallest absolute Gasteiger partial charge is 0.372 e. The van der Waals surface area contributed by atoms with E-state index in [0.717, 1.165) is 98.4 Å². The second kappa shape index (κ2) is 20.0. The summed E-state index contributed by atoms with van der Waals surface area (Å²) in [5, 5.41) is 5.42. The molecule has 2 N–H and O–H groups in total. The van der Waals surface area contributed by atoms with Crippen molar-refractivity contribution in [2.24, 2.45) is 0 Å². The number of aromatic nitrogens is 2. The summed E-state index contributed by atoms with van der Waals surface area (Å²) in [6.45, 7) is 11.8. The van der Waals surface area contributed by atoms with Gasteiger partial charge in [0.15, 0.2) is 0 Å². The third-order valence-electron chi connectivity index (χ3n) is 9.89. The topological polar surface area (TPSA) is 114 Å². The quantitative estimate of drug-likeness (QED) is 0.163. The lowest BCUT2D eigenvalue weighted by Crippen LogP contribution is -2.49. The summed E-state index contributed by atoms with van der Waals surface area (Å²) in [6, 6.07) is 20.7. The molecule has 0 atom stereocenters. The summed E-state index contributed by atoms with van der Waals surface area (Å²) < 4.78 is 36.6. The van der Waals surface area contributed by atoms with Gasteiger partial charge in [-0.3, -0.25) is 29.2 Å². The van der Waals surface area contributed by atoms with Crippen molar-refractivity contribution in [3.8, 4) is 11.3 Å². The molecular formula is C42H51F3N8O3. The van der Waals surface area contributed by atoms with Gasteiger partial charge >= 0.3 is 6.18 Å². The van der Waals surface area contributed by atoms with E-state index in [1.807, 2.05) is 35.4 Å². The molecule has 4 aromatic rings. The van der Waals surface area contributed by atoms with Crippen LogP contribution in [0.4, 0.5) is 24.5 Å². The van der Waals surface area contributed by atoms with Crippen LogP contribution in [-0.4, -0.2) is 102 Å². The fourth-order valence-corrected chi connectivity index (χ4v) is 6.74. The number of amides is 3. The van der Waals surface area contributed by atoms with Gasteiger partial charge in [-0.2, -0.15) is 13.2 Å². The van der Waals surface area contributed by atoms with E-state index in [1.165, 1.54) is 31.4 Å². The molecule has 3 amide bonds. The summed E-state index contributed by atoms with van der Waals surface area (Å²) in [7, 11) is 2.07. The Balaban J connectivity index is 0.000000362. The highest BCUT2D eigenvalue weighted by Gasteiger charge is 2.30. The number of likely N-dealkylation sites (N-methyl/N-ethyl adjacent to an activating group) is 1. The summed E-state index contributed by atoms with van der Waals surface area (Å²) in [5.74, 6) is -0.0817. The molecule has 2 aliphatic heterocycles. The highest BCUT2D eigenvalue weighted by Crippen LogP contribution is 2.33. The van der Waals surface area contributed by atoms with Crippen molar-refractivity contribution in [2.45, 2.75) is 52.4 Å². The lowest BCUT2D eigenvalue weighted by molar-refractivity contribution is -0.137. The molecule has 2 fully saturated rings.